The van der Waals surface area contributed by atoms with Gasteiger partial charge in [-0.3, -0.25) is 15.0 Å². The molecule has 21 heavy (non-hydrogen) atoms. The fourth-order valence-corrected chi connectivity index (χ4v) is 2.85. The van der Waals surface area contributed by atoms with Crippen molar-refractivity contribution in [3.63, 3.8) is 0 Å². The summed E-state index contributed by atoms with van der Waals surface area (Å²) in [5.41, 5.74) is 0. The molecule has 1 aliphatic heterocycles. The van der Waals surface area contributed by atoms with Crippen LogP contribution >= 0.6 is 0 Å². The van der Waals surface area contributed by atoms with E-state index in [1.165, 1.54) is 0 Å². The van der Waals surface area contributed by atoms with Crippen LogP contribution in [0.5, 0.6) is 0 Å². The third-order valence-electron chi connectivity index (χ3n) is 4.13. The maximum atomic E-state index is 11.9. The second-order valence-electron chi connectivity index (χ2n) is 5.92. The van der Waals surface area contributed by atoms with Crippen LogP contribution in [-0.4, -0.2) is 66.4 Å². The standard InChI is InChI=1S/C14H25N3O4/c1-10-9-21-12(8-18)6-17(10)7-13(19)16-14(20)15-11-4-2-3-5-11/h10-12,18H,2-9H2,1H3,(H2,15,16,19,20). The number of amides is 3. The van der Waals surface area contributed by atoms with Crippen LogP contribution in [0.3, 0.4) is 0 Å². The topological polar surface area (TPSA) is 90.9 Å². The van der Waals surface area contributed by atoms with Crippen LogP contribution < -0.4 is 10.6 Å². The van der Waals surface area contributed by atoms with Gasteiger partial charge < -0.3 is 15.2 Å². The van der Waals surface area contributed by atoms with Crippen molar-refractivity contribution in [3.05, 3.63) is 0 Å². The second kappa shape index (κ2) is 7.72. The SMILES string of the molecule is CC1COC(CO)CN1CC(=O)NC(=O)NC1CCCC1. The Hall–Kier alpha value is -1.18. The van der Waals surface area contributed by atoms with Crippen molar-refractivity contribution in [2.45, 2.75) is 50.8 Å². The van der Waals surface area contributed by atoms with Gasteiger partial charge in [-0.05, 0) is 19.8 Å². The van der Waals surface area contributed by atoms with Gasteiger partial charge >= 0.3 is 6.03 Å². The lowest BCUT2D eigenvalue weighted by atomic mass is 10.2. The Labute approximate surface area is 125 Å². The maximum absolute atomic E-state index is 11.9. The molecule has 3 N–H and O–H groups in total. The van der Waals surface area contributed by atoms with Gasteiger partial charge in [0.05, 0.1) is 25.9 Å². The molecule has 120 valence electrons. The first-order chi connectivity index (χ1) is 10.1. The van der Waals surface area contributed by atoms with Crippen LogP contribution in [-0.2, 0) is 9.53 Å². The highest BCUT2D eigenvalue weighted by Crippen LogP contribution is 2.17. The number of rotatable bonds is 4. The van der Waals surface area contributed by atoms with E-state index in [1.54, 1.807) is 0 Å². The number of nitrogens with zero attached hydrogens (tertiary/aromatic N) is 1. The summed E-state index contributed by atoms with van der Waals surface area (Å²) in [7, 11) is 0. The molecule has 7 heteroatoms. The van der Waals surface area contributed by atoms with Gasteiger partial charge in [-0.2, -0.15) is 0 Å². The van der Waals surface area contributed by atoms with Gasteiger partial charge in [0.25, 0.3) is 0 Å². The van der Waals surface area contributed by atoms with Gasteiger partial charge in [0.1, 0.15) is 0 Å². The highest BCUT2D eigenvalue weighted by molar-refractivity contribution is 5.95. The van der Waals surface area contributed by atoms with Crippen molar-refractivity contribution in [1.29, 1.82) is 0 Å². The molecule has 0 spiro atoms. The minimum atomic E-state index is -0.411. The number of carbonyl (C=O) groups is 2. The van der Waals surface area contributed by atoms with Crippen LogP contribution in [0.25, 0.3) is 0 Å². The van der Waals surface area contributed by atoms with Crippen molar-refractivity contribution in [1.82, 2.24) is 15.5 Å². The first-order valence-electron chi connectivity index (χ1n) is 7.65. The Morgan fingerprint density at radius 2 is 2.05 bits per heavy atom. The molecule has 0 radical (unpaired) electrons. The van der Waals surface area contributed by atoms with E-state index >= 15 is 0 Å². The highest BCUT2D eigenvalue weighted by Gasteiger charge is 2.27. The third-order valence-corrected chi connectivity index (χ3v) is 4.13. The molecule has 1 saturated heterocycles. The molecule has 2 rings (SSSR count). The number of carbonyl (C=O) groups excluding carboxylic acids is 2. The molecule has 0 aromatic carbocycles. The molecule has 0 bridgehead atoms. The van der Waals surface area contributed by atoms with Gasteiger partial charge in [0.2, 0.25) is 5.91 Å². The van der Waals surface area contributed by atoms with Crippen molar-refractivity contribution >= 4 is 11.9 Å². The fourth-order valence-electron chi connectivity index (χ4n) is 2.85. The van der Waals surface area contributed by atoms with E-state index in [1.807, 2.05) is 11.8 Å². The van der Waals surface area contributed by atoms with Crippen LogP contribution in [0.15, 0.2) is 0 Å². The molecular formula is C14H25N3O4. The van der Waals surface area contributed by atoms with Crippen LogP contribution in [0.4, 0.5) is 4.79 Å². The number of imide groups is 1. The Kier molecular flexibility index (Phi) is 5.96. The lowest BCUT2D eigenvalue weighted by Gasteiger charge is -2.36. The molecule has 2 atom stereocenters. The molecule has 1 saturated carbocycles. The number of ether oxygens (including phenoxy) is 1. The van der Waals surface area contributed by atoms with Crippen molar-refractivity contribution in [2.75, 3.05) is 26.3 Å². The zero-order valence-electron chi connectivity index (χ0n) is 12.5. The normalized spacial score (nSPS) is 27.5. The highest BCUT2D eigenvalue weighted by atomic mass is 16.5. The zero-order chi connectivity index (χ0) is 15.2. The lowest BCUT2D eigenvalue weighted by molar-refractivity contribution is -0.126. The summed E-state index contributed by atoms with van der Waals surface area (Å²) in [5, 5.41) is 14.3. The molecule has 2 fully saturated rings. The lowest BCUT2D eigenvalue weighted by Crippen LogP contribution is -2.54. The van der Waals surface area contributed by atoms with E-state index in [-0.39, 0.29) is 37.2 Å². The van der Waals surface area contributed by atoms with E-state index < -0.39 is 6.03 Å². The quantitative estimate of drug-likeness (QED) is 0.671. The van der Waals surface area contributed by atoms with Gasteiger partial charge in [0, 0.05) is 18.6 Å². The van der Waals surface area contributed by atoms with Gasteiger partial charge in [0.15, 0.2) is 0 Å². The average molecular weight is 299 g/mol. The third kappa shape index (κ3) is 4.94. The molecule has 1 aliphatic carbocycles. The van der Waals surface area contributed by atoms with Gasteiger partial charge in [-0.25, -0.2) is 4.79 Å². The predicted octanol–water partition coefficient (Wildman–Crippen LogP) is -0.164. The number of aliphatic hydroxyl groups is 1. The van der Waals surface area contributed by atoms with Gasteiger partial charge in [-0.1, -0.05) is 12.8 Å². The summed E-state index contributed by atoms with van der Waals surface area (Å²) < 4.78 is 5.42. The van der Waals surface area contributed by atoms with E-state index in [9.17, 15) is 9.59 Å². The Bertz CT molecular complexity index is 371. The zero-order valence-corrected chi connectivity index (χ0v) is 12.5. The van der Waals surface area contributed by atoms with Crippen LogP contribution in [0, 0.1) is 0 Å². The largest absolute Gasteiger partial charge is 0.394 e. The molecule has 3 amide bonds. The molecule has 7 nitrogen and oxygen atoms in total. The molecule has 0 aromatic heterocycles. The predicted molar refractivity (Wildman–Crippen MR) is 76.8 cm³/mol. The van der Waals surface area contributed by atoms with E-state index in [0.717, 1.165) is 25.7 Å². The Morgan fingerprint density at radius 3 is 2.71 bits per heavy atom. The van der Waals surface area contributed by atoms with Crippen molar-refractivity contribution in [2.24, 2.45) is 0 Å². The number of hydrogen-bond acceptors (Lipinski definition) is 5. The summed E-state index contributed by atoms with van der Waals surface area (Å²) in [5.74, 6) is -0.323. The number of nitrogens with one attached hydrogen (secondary N) is 2. The summed E-state index contributed by atoms with van der Waals surface area (Å²) in [6.45, 7) is 3.01. The minimum absolute atomic E-state index is 0.0625. The second-order valence-corrected chi connectivity index (χ2v) is 5.92. The van der Waals surface area contributed by atoms with E-state index in [2.05, 4.69) is 10.6 Å². The fraction of sp³-hybridized carbons (Fsp3) is 0.857. The number of hydrogen-bond donors (Lipinski definition) is 3. The van der Waals surface area contributed by atoms with E-state index in [4.69, 9.17) is 9.84 Å². The van der Waals surface area contributed by atoms with Gasteiger partial charge in [-0.15, -0.1) is 0 Å². The summed E-state index contributed by atoms with van der Waals surface area (Å²) in [6.07, 6.45) is 3.97. The Balaban J connectivity index is 1.73. The summed E-state index contributed by atoms with van der Waals surface area (Å²) in [6, 6.07) is -0.123. The number of urea groups is 1. The minimum Gasteiger partial charge on any atom is -0.394 e. The number of aliphatic hydroxyl groups excluding tert-OH is 1. The van der Waals surface area contributed by atoms with E-state index in [0.29, 0.717) is 13.2 Å². The molecule has 1 heterocycles. The van der Waals surface area contributed by atoms with Crippen molar-refractivity contribution in [3.8, 4) is 0 Å². The summed E-state index contributed by atoms with van der Waals surface area (Å²) in [4.78, 5) is 25.6. The van der Waals surface area contributed by atoms with Crippen LogP contribution in [0.2, 0.25) is 0 Å². The Morgan fingerprint density at radius 1 is 1.33 bits per heavy atom. The monoisotopic (exact) mass is 299 g/mol. The molecule has 0 aromatic rings. The smallest absolute Gasteiger partial charge is 0.321 e. The number of morpholine rings is 1. The molecule has 2 unspecified atom stereocenters. The summed E-state index contributed by atoms with van der Waals surface area (Å²) >= 11 is 0. The molecular weight excluding hydrogens is 274 g/mol. The van der Waals surface area contributed by atoms with Crippen LogP contribution in [0.1, 0.15) is 32.6 Å². The van der Waals surface area contributed by atoms with Crippen molar-refractivity contribution < 1.29 is 19.4 Å². The maximum Gasteiger partial charge on any atom is 0.321 e. The average Bonchev–Trinajstić information content (AvgIpc) is 2.93. The first kappa shape index (κ1) is 16.2. The molecule has 2 aliphatic rings. The first-order valence-corrected chi connectivity index (χ1v) is 7.65.